The molecule has 0 spiro atoms. The van der Waals surface area contributed by atoms with E-state index in [-0.39, 0.29) is 6.09 Å². The molecule has 4 rings (SSSR count). The van der Waals surface area contributed by atoms with E-state index in [0.717, 1.165) is 18.2 Å². The van der Waals surface area contributed by atoms with E-state index < -0.39 is 0 Å². The molecule has 1 saturated carbocycles. The quantitative estimate of drug-likeness (QED) is 0.846. The summed E-state index contributed by atoms with van der Waals surface area (Å²) < 4.78 is 4.99. The van der Waals surface area contributed by atoms with Gasteiger partial charge in [-0.05, 0) is 36.6 Å². The Hall–Kier alpha value is -1.55. The lowest BCUT2D eigenvalue weighted by Gasteiger charge is -2.20. The zero-order valence-electron chi connectivity index (χ0n) is 11.8. The summed E-state index contributed by atoms with van der Waals surface area (Å²) in [5.74, 6) is 0.838. The molecule has 0 radical (unpaired) electrons. The van der Waals surface area contributed by atoms with E-state index in [1.165, 1.54) is 25.1 Å². The summed E-state index contributed by atoms with van der Waals surface area (Å²) in [5.41, 5.74) is 2.80. The predicted octanol–water partition coefficient (Wildman–Crippen LogP) is 2.24. The highest BCUT2D eigenvalue weighted by molar-refractivity contribution is 5.89. The third-order valence-corrected chi connectivity index (χ3v) is 5.18. The van der Waals surface area contributed by atoms with Crippen LogP contribution >= 0.6 is 0 Å². The second-order valence-corrected chi connectivity index (χ2v) is 6.20. The van der Waals surface area contributed by atoms with Gasteiger partial charge in [0.1, 0.15) is 6.61 Å². The summed E-state index contributed by atoms with van der Waals surface area (Å²) in [6.07, 6.45) is 1.10. The average molecular weight is 272 g/mol. The maximum Gasteiger partial charge on any atom is 0.414 e. The van der Waals surface area contributed by atoms with Crippen molar-refractivity contribution in [1.82, 2.24) is 4.90 Å². The van der Waals surface area contributed by atoms with Gasteiger partial charge in [0.15, 0.2) is 0 Å². The Kier molecular flexibility index (Phi) is 2.58. The van der Waals surface area contributed by atoms with Crippen LogP contribution in [-0.4, -0.2) is 43.8 Å². The van der Waals surface area contributed by atoms with Crippen LogP contribution in [0.2, 0.25) is 0 Å². The average Bonchev–Trinajstić information content (AvgIpc) is 2.84. The number of fused-ring (bicyclic) bond motifs is 1. The van der Waals surface area contributed by atoms with E-state index in [4.69, 9.17) is 4.74 Å². The summed E-state index contributed by atoms with van der Waals surface area (Å²) in [7, 11) is 0. The van der Waals surface area contributed by atoms with Crippen molar-refractivity contribution >= 4 is 11.8 Å². The first kappa shape index (κ1) is 12.2. The normalized spacial score (nSPS) is 32.4. The molecule has 0 bridgehead atoms. The van der Waals surface area contributed by atoms with Gasteiger partial charge in [-0.25, -0.2) is 4.79 Å². The Labute approximate surface area is 119 Å². The van der Waals surface area contributed by atoms with E-state index in [9.17, 15) is 4.79 Å². The molecule has 3 aliphatic rings. The Balaban J connectivity index is 1.55. The Morgan fingerprint density at radius 3 is 2.75 bits per heavy atom. The number of carbonyl (C=O) groups excluding carboxylic acids is 1. The molecule has 0 aromatic heterocycles. The van der Waals surface area contributed by atoms with Crippen LogP contribution in [0.3, 0.4) is 0 Å². The number of hydrogen-bond acceptors (Lipinski definition) is 3. The number of anilines is 1. The summed E-state index contributed by atoms with van der Waals surface area (Å²) >= 11 is 0. The molecule has 3 fully saturated rings. The molecule has 1 aromatic rings. The third-order valence-electron chi connectivity index (χ3n) is 5.18. The molecule has 1 aliphatic carbocycles. The number of nitrogens with zero attached hydrogens (tertiary/aromatic N) is 2. The second kappa shape index (κ2) is 4.22. The van der Waals surface area contributed by atoms with Gasteiger partial charge < -0.3 is 9.64 Å². The molecule has 106 valence electrons. The number of likely N-dealkylation sites (N-methyl/N-ethyl adjacent to an activating group) is 1. The van der Waals surface area contributed by atoms with Crippen molar-refractivity contribution in [2.24, 2.45) is 5.92 Å². The first-order valence-electron chi connectivity index (χ1n) is 7.50. The Morgan fingerprint density at radius 2 is 2.15 bits per heavy atom. The van der Waals surface area contributed by atoms with E-state index in [0.29, 0.717) is 18.6 Å². The van der Waals surface area contributed by atoms with Gasteiger partial charge in [0.25, 0.3) is 0 Å². The van der Waals surface area contributed by atoms with Crippen LogP contribution in [0, 0.1) is 5.92 Å². The number of rotatable bonds is 3. The van der Waals surface area contributed by atoms with E-state index in [1.54, 1.807) is 4.90 Å². The van der Waals surface area contributed by atoms with Gasteiger partial charge >= 0.3 is 6.09 Å². The van der Waals surface area contributed by atoms with Crippen LogP contribution in [-0.2, 0) is 10.2 Å². The molecule has 2 aliphatic heterocycles. The summed E-state index contributed by atoms with van der Waals surface area (Å²) in [4.78, 5) is 15.8. The van der Waals surface area contributed by atoms with Crippen LogP contribution < -0.4 is 4.90 Å². The lowest BCUT2D eigenvalue weighted by Crippen LogP contribution is -2.26. The number of amides is 1. The van der Waals surface area contributed by atoms with Crippen LogP contribution in [0.4, 0.5) is 10.5 Å². The van der Waals surface area contributed by atoms with Gasteiger partial charge in [-0.15, -0.1) is 0 Å². The van der Waals surface area contributed by atoms with Crippen molar-refractivity contribution in [3.05, 3.63) is 29.8 Å². The van der Waals surface area contributed by atoms with Crippen molar-refractivity contribution in [2.75, 3.05) is 37.7 Å². The number of likely N-dealkylation sites (tertiary alicyclic amines) is 1. The minimum atomic E-state index is -0.224. The molecular formula is C16H20N2O2. The zero-order chi connectivity index (χ0) is 13.7. The van der Waals surface area contributed by atoms with Crippen LogP contribution in [0.25, 0.3) is 0 Å². The van der Waals surface area contributed by atoms with Gasteiger partial charge in [0.05, 0.1) is 6.54 Å². The molecule has 4 nitrogen and oxygen atoms in total. The highest BCUT2D eigenvalue weighted by Gasteiger charge is 2.60. The molecule has 20 heavy (non-hydrogen) atoms. The van der Waals surface area contributed by atoms with Gasteiger partial charge in [-0.3, -0.25) is 4.90 Å². The second-order valence-electron chi connectivity index (χ2n) is 6.20. The maximum atomic E-state index is 11.6. The molecular weight excluding hydrogens is 252 g/mol. The highest BCUT2D eigenvalue weighted by atomic mass is 16.6. The lowest BCUT2D eigenvalue weighted by atomic mass is 9.95. The van der Waals surface area contributed by atoms with E-state index >= 15 is 0 Å². The number of carbonyl (C=O) groups is 1. The van der Waals surface area contributed by atoms with Crippen LogP contribution in [0.15, 0.2) is 24.3 Å². The highest BCUT2D eigenvalue weighted by Crippen LogP contribution is 2.58. The number of piperidine rings is 1. The smallest absolute Gasteiger partial charge is 0.414 e. The van der Waals surface area contributed by atoms with Gasteiger partial charge in [-0.1, -0.05) is 19.1 Å². The minimum Gasteiger partial charge on any atom is -0.447 e. The molecule has 2 heterocycles. The Bertz CT molecular complexity index is 542. The standard InChI is InChI=1S/C16H20N2O2/c1-2-17-10-13-9-16(13,11-17)12-3-5-14(6-4-12)18-7-8-20-15(18)19/h3-6,13H,2,7-11H2,1H3/t13?,16-/m1/s1. The fourth-order valence-electron chi connectivity index (χ4n) is 3.88. The topological polar surface area (TPSA) is 32.8 Å². The summed E-state index contributed by atoms with van der Waals surface area (Å²) in [5, 5.41) is 0. The molecule has 1 aromatic carbocycles. The van der Waals surface area contributed by atoms with Crippen molar-refractivity contribution in [1.29, 1.82) is 0 Å². The first-order chi connectivity index (χ1) is 9.73. The molecule has 1 amide bonds. The van der Waals surface area contributed by atoms with Gasteiger partial charge in [0, 0.05) is 24.2 Å². The SMILES string of the molecule is CCN1CC2C[C@]2(c2ccc(N3CCOC3=O)cc2)C1. The molecule has 4 heteroatoms. The lowest BCUT2D eigenvalue weighted by molar-refractivity contribution is 0.181. The largest absolute Gasteiger partial charge is 0.447 e. The molecule has 2 saturated heterocycles. The third kappa shape index (κ3) is 1.67. The van der Waals surface area contributed by atoms with Gasteiger partial charge in [0.2, 0.25) is 0 Å². The molecule has 0 N–H and O–H groups in total. The van der Waals surface area contributed by atoms with Crippen molar-refractivity contribution in [2.45, 2.75) is 18.8 Å². The zero-order valence-corrected chi connectivity index (χ0v) is 11.8. The number of hydrogen-bond donors (Lipinski definition) is 0. The predicted molar refractivity (Wildman–Crippen MR) is 77.0 cm³/mol. The fraction of sp³-hybridized carbons (Fsp3) is 0.562. The van der Waals surface area contributed by atoms with Crippen LogP contribution in [0.1, 0.15) is 18.9 Å². The van der Waals surface area contributed by atoms with E-state index in [2.05, 4.69) is 36.1 Å². The monoisotopic (exact) mass is 272 g/mol. The Morgan fingerprint density at radius 1 is 1.35 bits per heavy atom. The summed E-state index contributed by atoms with van der Waals surface area (Å²) in [6.45, 7) is 6.99. The van der Waals surface area contributed by atoms with Crippen molar-refractivity contribution in [3.8, 4) is 0 Å². The molecule has 1 unspecified atom stereocenters. The number of ether oxygens (including phenoxy) is 1. The number of cyclic esters (lactones) is 1. The fourth-order valence-corrected chi connectivity index (χ4v) is 3.88. The van der Waals surface area contributed by atoms with Crippen molar-refractivity contribution < 1.29 is 9.53 Å². The van der Waals surface area contributed by atoms with Crippen LogP contribution in [0.5, 0.6) is 0 Å². The van der Waals surface area contributed by atoms with E-state index in [1.807, 2.05) is 0 Å². The minimum absolute atomic E-state index is 0.224. The van der Waals surface area contributed by atoms with Gasteiger partial charge in [-0.2, -0.15) is 0 Å². The maximum absolute atomic E-state index is 11.6. The van der Waals surface area contributed by atoms with Crippen molar-refractivity contribution in [3.63, 3.8) is 0 Å². The summed E-state index contributed by atoms with van der Waals surface area (Å²) in [6, 6.07) is 8.56. The first-order valence-corrected chi connectivity index (χ1v) is 7.50. The molecule has 2 atom stereocenters. The number of benzene rings is 1.